The number of H-pyrrole nitrogens is 2. The Labute approximate surface area is 326 Å². The molecule has 0 aliphatic carbocycles. The second-order valence-corrected chi connectivity index (χ2v) is 14.6. The molecule has 8 rings (SSSR count). The van der Waals surface area contributed by atoms with Crippen LogP contribution in [-0.2, 0) is 27.3 Å². The summed E-state index contributed by atoms with van der Waals surface area (Å²) in [6.07, 6.45) is 17.5. The van der Waals surface area contributed by atoms with Crippen LogP contribution in [0.4, 0.5) is 11.4 Å². The highest BCUT2D eigenvalue weighted by molar-refractivity contribution is 9.10. The molecule has 3 fully saturated rings. The van der Waals surface area contributed by atoms with Gasteiger partial charge in [0, 0.05) is 81.1 Å². The van der Waals surface area contributed by atoms with Gasteiger partial charge in [-0.05, 0) is 81.3 Å². The van der Waals surface area contributed by atoms with Crippen molar-refractivity contribution >= 4 is 59.2 Å². The number of alkyl halides is 1. The van der Waals surface area contributed by atoms with Gasteiger partial charge in [0.25, 0.3) is 11.1 Å². The van der Waals surface area contributed by atoms with Gasteiger partial charge in [-0.2, -0.15) is 15.3 Å². The molecule has 0 saturated carbocycles. The van der Waals surface area contributed by atoms with Crippen LogP contribution in [0, 0.1) is 17.8 Å². The minimum absolute atomic E-state index is 0.216. The summed E-state index contributed by atoms with van der Waals surface area (Å²) >= 11 is 9.95. The van der Waals surface area contributed by atoms with E-state index in [0.29, 0.717) is 11.8 Å². The molecule has 15 nitrogen and oxygen atoms in total. The molecule has 282 valence electrons. The van der Waals surface area contributed by atoms with Crippen LogP contribution in [0.25, 0.3) is 5.69 Å². The predicted octanol–water partition coefficient (Wildman–Crippen LogP) is 4.88. The molecule has 3 aliphatic rings. The van der Waals surface area contributed by atoms with E-state index in [9.17, 15) is 9.59 Å². The number of anilines is 2. The van der Waals surface area contributed by atoms with Gasteiger partial charge in [0.1, 0.15) is 0 Å². The van der Waals surface area contributed by atoms with Crippen molar-refractivity contribution in [3.05, 3.63) is 103 Å². The van der Waals surface area contributed by atoms with E-state index < -0.39 is 0 Å². The van der Waals surface area contributed by atoms with Crippen molar-refractivity contribution in [3.8, 4) is 5.69 Å². The largest absolute Gasteiger partial charge is 0.394 e. The van der Waals surface area contributed by atoms with Gasteiger partial charge < -0.3 is 30.7 Å². The SMILES string of the molecule is BrCC1CCOC1.Brc1cn[nH]c1.Brc1cnn(CC2CCOC2)c1.Nc1ccc[nH]c1=O.Nc1cccn(-c2cnn(CC3CCOC3)c2)c1=O. The molecule has 0 bridgehead atoms. The third-order valence-electron chi connectivity index (χ3n) is 7.97. The van der Waals surface area contributed by atoms with Crippen molar-refractivity contribution < 1.29 is 14.2 Å². The number of ether oxygens (including phenoxy) is 3. The maximum Gasteiger partial charge on any atom is 0.278 e. The number of nitrogens with one attached hydrogen (secondary N) is 2. The fourth-order valence-electron chi connectivity index (χ4n) is 5.09. The van der Waals surface area contributed by atoms with Crippen LogP contribution in [0.15, 0.2) is 92.4 Å². The average molecular weight is 914 g/mol. The lowest BCUT2D eigenvalue weighted by atomic mass is 10.1. The highest BCUT2D eigenvalue weighted by atomic mass is 79.9. The molecule has 3 saturated heterocycles. The van der Waals surface area contributed by atoms with Crippen LogP contribution in [-0.4, -0.2) is 84.3 Å². The summed E-state index contributed by atoms with van der Waals surface area (Å²) in [4.78, 5) is 24.8. The van der Waals surface area contributed by atoms with Crippen LogP contribution in [0.5, 0.6) is 0 Å². The van der Waals surface area contributed by atoms with E-state index in [1.54, 1.807) is 55.2 Å². The first-order valence-corrected chi connectivity index (χ1v) is 19.5. The van der Waals surface area contributed by atoms with Crippen molar-refractivity contribution in [3.63, 3.8) is 0 Å². The molecular weight excluding hydrogens is 868 g/mol. The minimum atomic E-state index is -0.229. The molecule has 3 atom stereocenters. The van der Waals surface area contributed by atoms with Crippen LogP contribution in [0.3, 0.4) is 0 Å². The Bertz CT molecular complexity index is 1830. The van der Waals surface area contributed by atoms with Crippen LogP contribution in [0.1, 0.15) is 19.3 Å². The van der Waals surface area contributed by atoms with Crippen molar-refractivity contribution in [1.29, 1.82) is 0 Å². The van der Waals surface area contributed by atoms with Gasteiger partial charge in [0.15, 0.2) is 0 Å². The Hall–Kier alpha value is -3.55. The number of pyridine rings is 2. The first-order chi connectivity index (χ1) is 25.2. The summed E-state index contributed by atoms with van der Waals surface area (Å²) in [6.45, 7) is 7.13. The zero-order valence-electron chi connectivity index (χ0n) is 28.7. The third kappa shape index (κ3) is 14.5. The molecule has 0 spiro atoms. The molecule has 5 aromatic rings. The van der Waals surface area contributed by atoms with Crippen LogP contribution < -0.4 is 22.6 Å². The third-order valence-corrected chi connectivity index (χ3v) is 9.73. The smallest absolute Gasteiger partial charge is 0.278 e. The lowest BCUT2D eigenvalue weighted by molar-refractivity contribution is 0.181. The number of halogens is 3. The van der Waals surface area contributed by atoms with Crippen molar-refractivity contribution in [2.75, 3.05) is 56.4 Å². The molecule has 0 amide bonds. The van der Waals surface area contributed by atoms with E-state index in [0.717, 1.165) is 91.5 Å². The number of aromatic amines is 2. The Morgan fingerprint density at radius 2 is 1.40 bits per heavy atom. The lowest BCUT2D eigenvalue weighted by Crippen LogP contribution is -2.20. The highest BCUT2D eigenvalue weighted by Gasteiger charge is 2.17. The van der Waals surface area contributed by atoms with E-state index >= 15 is 0 Å². The highest BCUT2D eigenvalue weighted by Crippen LogP contribution is 2.17. The van der Waals surface area contributed by atoms with Crippen LogP contribution >= 0.6 is 47.8 Å². The molecule has 5 aromatic heterocycles. The monoisotopic (exact) mass is 910 g/mol. The van der Waals surface area contributed by atoms with Gasteiger partial charge in [0.05, 0.1) is 64.4 Å². The van der Waals surface area contributed by atoms with E-state index in [1.807, 2.05) is 28.0 Å². The van der Waals surface area contributed by atoms with Gasteiger partial charge in [-0.3, -0.25) is 28.6 Å². The summed E-state index contributed by atoms with van der Waals surface area (Å²) in [5, 5.41) is 15.9. The number of rotatable bonds is 6. The first-order valence-electron chi connectivity index (χ1n) is 16.8. The number of nitrogens with zero attached hydrogens (tertiary/aromatic N) is 6. The number of nitrogen functional groups attached to an aromatic ring is 2. The Kier molecular flexibility index (Phi) is 17.8. The fourth-order valence-corrected chi connectivity index (χ4v) is 6.13. The molecule has 3 aliphatic heterocycles. The van der Waals surface area contributed by atoms with E-state index in [2.05, 4.69) is 73.2 Å². The van der Waals surface area contributed by atoms with Gasteiger partial charge >= 0.3 is 0 Å². The number of aromatic nitrogens is 8. The second-order valence-electron chi connectivity index (χ2n) is 12.2. The fraction of sp³-hybridized carbons (Fsp3) is 0.441. The summed E-state index contributed by atoms with van der Waals surface area (Å²) in [5.74, 6) is 1.95. The molecule has 52 heavy (non-hydrogen) atoms. The lowest BCUT2D eigenvalue weighted by Gasteiger charge is -2.06. The van der Waals surface area contributed by atoms with Gasteiger partial charge in [-0.15, -0.1) is 0 Å². The summed E-state index contributed by atoms with van der Waals surface area (Å²) in [5.41, 5.74) is 11.6. The maximum absolute atomic E-state index is 11.9. The van der Waals surface area contributed by atoms with E-state index in [-0.39, 0.29) is 22.5 Å². The van der Waals surface area contributed by atoms with Gasteiger partial charge in [-0.1, -0.05) is 15.9 Å². The first kappa shape index (κ1) is 41.2. The molecule has 0 radical (unpaired) electrons. The molecule has 6 N–H and O–H groups in total. The van der Waals surface area contributed by atoms with Gasteiger partial charge in [0.2, 0.25) is 0 Å². The standard InChI is InChI=1S/C13H16N4O2.C8H11BrN2O.C5H9BrO.C5H6N2O.C3H3BrN2/c14-12-2-1-4-17(13(12)18)11-6-15-16(8-11)7-10-3-5-19-9-10;9-8-3-10-11(5-8)4-7-1-2-12-6-7;6-3-5-1-2-7-4-5;6-4-2-1-3-7-5(4)8;4-3-1-5-6-2-3/h1-2,4,6,8,10H,3,5,7,9,14H2;3,5,7H,1-2,4,6H2;5H,1-4H2;1-3H,6H2,(H,7,8);1-2H,(H,5,6). The van der Waals surface area contributed by atoms with Gasteiger partial charge in [-0.25, -0.2) is 0 Å². The topological polar surface area (TPSA) is 199 Å². The molecule has 0 aromatic carbocycles. The molecule has 8 heterocycles. The quantitative estimate of drug-likeness (QED) is 0.170. The zero-order valence-corrected chi connectivity index (χ0v) is 33.4. The Balaban J connectivity index is 0.000000157. The Morgan fingerprint density at radius 3 is 1.85 bits per heavy atom. The minimum Gasteiger partial charge on any atom is -0.394 e. The van der Waals surface area contributed by atoms with Crippen molar-refractivity contribution in [2.45, 2.75) is 32.4 Å². The maximum atomic E-state index is 11.9. The zero-order chi connectivity index (χ0) is 37.1. The van der Waals surface area contributed by atoms with E-state index in [1.165, 1.54) is 11.0 Å². The molecular formula is C34H45Br3N10O5. The summed E-state index contributed by atoms with van der Waals surface area (Å²) < 4.78 is 23.1. The summed E-state index contributed by atoms with van der Waals surface area (Å²) in [7, 11) is 0. The van der Waals surface area contributed by atoms with Crippen molar-refractivity contribution in [2.24, 2.45) is 17.8 Å². The summed E-state index contributed by atoms with van der Waals surface area (Å²) in [6, 6.07) is 6.58. The Morgan fingerprint density at radius 1 is 0.788 bits per heavy atom. The molecule has 3 unspecified atom stereocenters. The second kappa shape index (κ2) is 22.5. The number of hydrogen-bond acceptors (Lipinski definition) is 10. The average Bonchev–Trinajstić information content (AvgIpc) is 3.99. The van der Waals surface area contributed by atoms with Crippen LogP contribution in [0.2, 0.25) is 0 Å². The number of nitrogens with two attached hydrogens (primary N) is 2. The number of hydrogen-bond donors (Lipinski definition) is 4. The normalized spacial score (nSPS) is 18.9. The van der Waals surface area contributed by atoms with Crippen molar-refractivity contribution in [1.82, 2.24) is 39.3 Å². The molecule has 18 heteroatoms. The van der Waals surface area contributed by atoms with E-state index in [4.69, 9.17) is 25.7 Å². The predicted molar refractivity (Wildman–Crippen MR) is 210 cm³/mol.